The Morgan fingerprint density at radius 1 is 1.57 bits per heavy atom. The first-order valence-corrected chi connectivity index (χ1v) is 5.67. The van der Waals surface area contributed by atoms with Crippen LogP contribution in [0.5, 0.6) is 0 Å². The highest BCUT2D eigenvalue weighted by Crippen LogP contribution is 2.28. The topological polar surface area (TPSA) is 49.3 Å². The lowest BCUT2D eigenvalue weighted by Crippen LogP contribution is -2.33. The fourth-order valence-corrected chi connectivity index (χ4v) is 1.70. The Bertz CT molecular complexity index is 178. The minimum Gasteiger partial charge on any atom is -0.391 e. The van der Waals surface area contributed by atoms with Crippen LogP contribution in [-0.2, 0) is 4.79 Å². The molecule has 2 N–H and O–H groups in total. The van der Waals surface area contributed by atoms with Crippen LogP contribution in [0.4, 0.5) is 0 Å². The highest BCUT2D eigenvalue weighted by molar-refractivity contribution is 5.76. The zero-order chi connectivity index (χ0) is 10.4. The Morgan fingerprint density at radius 2 is 2.29 bits per heavy atom. The lowest BCUT2D eigenvalue weighted by Gasteiger charge is -2.24. The molecule has 1 unspecified atom stereocenters. The van der Waals surface area contributed by atoms with Crippen molar-refractivity contribution in [1.82, 2.24) is 5.32 Å². The lowest BCUT2D eigenvalue weighted by molar-refractivity contribution is -0.123. The summed E-state index contributed by atoms with van der Waals surface area (Å²) >= 11 is 0. The molecule has 1 amide bonds. The van der Waals surface area contributed by atoms with E-state index >= 15 is 0 Å². The zero-order valence-corrected chi connectivity index (χ0v) is 8.96. The average molecular weight is 199 g/mol. The molecule has 14 heavy (non-hydrogen) atoms. The van der Waals surface area contributed by atoms with Gasteiger partial charge in [0.1, 0.15) is 0 Å². The molecule has 1 aliphatic carbocycles. The van der Waals surface area contributed by atoms with Crippen LogP contribution in [0.25, 0.3) is 0 Å². The van der Waals surface area contributed by atoms with Crippen molar-refractivity contribution in [1.29, 1.82) is 0 Å². The van der Waals surface area contributed by atoms with E-state index < -0.39 is 0 Å². The summed E-state index contributed by atoms with van der Waals surface area (Å²) in [6.07, 6.45) is 5.68. The van der Waals surface area contributed by atoms with E-state index in [0.717, 1.165) is 12.8 Å². The first-order valence-electron chi connectivity index (χ1n) is 5.67. The van der Waals surface area contributed by atoms with E-state index in [1.165, 1.54) is 19.3 Å². The van der Waals surface area contributed by atoms with Crippen molar-refractivity contribution in [2.75, 3.05) is 6.54 Å². The normalized spacial score (nSPS) is 18.7. The quantitative estimate of drug-likeness (QED) is 0.680. The Kier molecular flexibility index (Phi) is 4.94. The molecule has 0 spiro atoms. The molecular weight excluding hydrogens is 178 g/mol. The highest BCUT2D eigenvalue weighted by Gasteiger charge is 2.20. The van der Waals surface area contributed by atoms with Gasteiger partial charge in [0, 0.05) is 13.0 Å². The van der Waals surface area contributed by atoms with E-state index in [2.05, 4.69) is 5.32 Å². The number of hydrogen-bond acceptors (Lipinski definition) is 2. The van der Waals surface area contributed by atoms with Crippen LogP contribution in [0.2, 0.25) is 0 Å². The molecular formula is C11H21NO2. The van der Waals surface area contributed by atoms with Gasteiger partial charge in [0.25, 0.3) is 0 Å². The van der Waals surface area contributed by atoms with Gasteiger partial charge in [-0.3, -0.25) is 4.79 Å². The molecule has 3 nitrogen and oxygen atoms in total. The minimum absolute atomic E-state index is 0.102. The van der Waals surface area contributed by atoms with Gasteiger partial charge >= 0.3 is 0 Å². The van der Waals surface area contributed by atoms with Crippen LogP contribution in [0, 0.1) is 5.92 Å². The van der Waals surface area contributed by atoms with Crippen LogP contribution in [-0.4, -0.2) is 23.7 Å². The molecule has 1 fully saturated rings. The highest BCUT2D eigenvalue weighted by atomic mass is 16.3. The molecule has 0 aromatic heterocycles. The monoisotopic (exact) mass is 199 g/mol. The molecule has 3 heteroatoms. The summed E-state index contributed by atoms with van der Waals surface area (Å²) in [6, 6.07) is 0. The van der Waals surface area contributed by atoms with Crippen molar-refractivity contribution >= 4 is 5.91 Å². The largest absolute Gasteiger partial charge is 0.391 e. The summed E-state index contributed by atoms with van der Waals surface area (Å²) in [5.74, 6) is 0.711. The summed E-state index contributed by atoms with van der Waals surface area (Å²) in [5, 5.41) is 12.2. The number of nitrogens with one attached hydrogen (secondary N) is 1. The molecule has 82 valence electrons. The van der Waals surface area contributed by atoms with Crippen molar-refractivity contribution in [3.63, 3.8) is 0 Å². The van der Waals surface area contributed by atoms with Gasteiger partial charge in [0.05, 0.1) is 6.10 Å². The van der Waals surface area contributed by atoms with E-state index in [1.807, 2.05) is 6.92 Å². The lowest BCUT2D eigenvalue weighted by atomic mass is 9.83. The zero-order valence-electron chi connectivity index (χ0n) is 8.96. The molecule has 0 heterocycles. The van der Waals surface area contributed by atoms with Crippen molar-refractivity contribution in [3.05, 3.63) is 0 Å². The van der Waals surface area contributed by atoms with Crippen molar-refractivity contribution < 1.29 is 9.90 Å². The van der Waals surface area contributed by atoms with E-state index in [4.69, 9.17) is 0 Å². The van der Waals surface area contributed by atoms with Gasteiger partial charge in [0.2, 0.25) is 5.91 Å². The van der Waals surface area contributed by atoms with Crippen LogP contribution in [0.15, 0.2) is 0 Å². The van der Waals surface area contributed by atoms with Crippen molar-refractivity contribution in [2.24, 2.45) is 5.92 Å². The number of amides is 1. The van der Waals surface area contributed by atoms with Crippen LogP contribution < -0.4 is 5.32 Å². The van der Waals surface area contributed by atoms with Gasteiger partial charge in [-0.2, -0.15) is 0 Å². The third-order valence-corrected chi connectivity index (χ3v) is 2.86. The van der Waals surface area contributed by atoms with E-state index in [9.17, 15) is 9.90 Å². The number of aliphatic hydroxyl groups excluding tert-OH is 1. The predicted octanol–water partition coefficient (Wildman–Crippen LogP) is 1.45. The fraction of sp³-hybridized carbons (Fsp3) is 0.909. The van der Waals surface area contributed by atoms with Gasteiger partial charge in [-0.05, 0) is 25.2 Å². The minimum atomic E-state index is -0.370. The molecule has 0 radical (unpaired) electrons. The SMILES string of the molecule is CCCC(O)CNC(=O)CC1CCC1. The van der Waals surface area contributed by atoms with E-state index in [0.29, 0.717) is 18.9 Å². The molecule has 1 rings (SSSR count). The maximum absolute atomic E-state index is 11.3. The van der Waals surface area contributed by atoms with Crippen molar-refractivity contribution in [2.45, 2.75) is 51.6 Å². The molecule has 1 saturated carbocycles. The summed E-state index contributed by atoms with van der Waals surface area (Å²) in [7, 11) is 0. The molecule has 1 aliphatic rings. The number of carbonyl (C=O) groups is 1. The van der Waals surface area contributed by atoms with Crippen molar-refractivity contribution in [3.8, 4) is 0 Å². The first-order chi connectivity index (χ1) is 6.72. The second-order valence-corrected chi connectivity index (χ2v) is 4.25. The second-order valence-electron chi connectivity index (χ2n) is 4.25. The van der Waals surface area contributed by atoms with Gasteiger partial charge in [0.15, 0.2) is 0 Å². The van der Waals surface area contributed by atoms with Gasteiger partial charge < -0.3 is 10.4 Å². The van der Waals surface area contributed by atoms with E-state index in [-0.39, 0.29) is 12.0 Å². The molecule has 0 bridgehead atoms. The number of carbonyl (C=O) groups excluding carboxylic acids is 1. The Hall–Kier alpha value is -0.570. The maximum atomic E-state index is 11.3. The first kappa shape index (κ1) is 11.5. The van der Waals surface area contributed by atoms with E-state index in [1.54, 1.807) is 0 Å². The molecule has 0 aromatic rings. The van der Waals surface area contributed by atoms with Crippen LogP contribution >= 0.6 is 0 Å². The number of aliphatic hydroxyl groups is 1. The second kappa shape index (κ2) is 6.02. The molecule has 0 saturated heterocycles. The summed E-state index contributed by atoms with van der Waals surface area (Å²) in [6.45, 7) is 2.44. The molecule has 0 aromatic carbocycles. The predicted molar refractivity (Wildman–Crippen MR) is 55.9 cm³/mol. The van der Waals surface area contributed by atoms with Gasteiger partial charge in [-0.15, -0.1) is 0 Å². The molecule has 1 atom stereocenters. The average Bonchev–Trinajstić information content (AvgIpc) is 2.09. The van der Waals surface area contributed by atoms with Gasteiger partial charge in [-0.25, -0.2) is 0 Å². The number of hydrogen-bond donors (Lipinski definition) is 2. The van der Waals surface area contributed by atoms with Crippen LogP contribution in [0.3, 0.4) is 0 Å². The maximum Gasteiger partial charge on any atom is 0.220 e. The summed E-state index contributed by atoms with van der Waals surface area (Å²) in [4.78, 5) is 11.3. The Morgan fingerprint density at radius 3 is 2.79 bits per heavy atom. The number of rotatable bonds is 6. The Labute approximate surface area is 85.9 Å². The smallest absolute Gasteiger partial charge is 0.220 e. The third-order valence-electron chi connectivity index (χ3n) is 2.86. The standard InChI is InChI=1S/C11H21NO2/c1-2-4-10(13)8-12-11(14)7-9-5-3-6-9/h9-10,13H,2-8H2,1H3,(H,12,14). The van der Waals surface area contributed by atoms with Gasteiger partial charge in [-0.1, -0.05) is 19.8 Å². The molecule has 0 aliphatic heterocycles. The third kappa shape index (κ3) is 4.09. The fourth-order valence-electron chi connectivity index (χ4n) is 1.70. The van der Waals surface area contributed by atoms with Crippen LogP contribution in [0.1, 0.15) is 45.4 Å². The summed E-state index contributed by atoms with van der Waals surface area (Å²) < 4.78 is 0. The Balaban J connectivity index is 2.01. The summed E-state index contributed by atoms with van der Waals surface area (Å²) in [5.41, 5.74) is 0.